The summed E-state index contributed by atoms with van der Waals surface area (Å²) >= 11 is 4.48. The fourth-order valence-electron chi connectivity index (χ4n) is 2.93. The maximum Gasteiger partial charge on any atom is 0.289 e. The van der Waals surface area contributed by atoms with Gasteiger partial charge in [-0.05, 0) is 64.7 Å². The van der Waals surface area contributed by atoms with Crippen LogP contribution in [0.1, 0.15) is 18.1 Å². The van der Waals surface area contributed by atoms with Crippen molar-refractivity contribution in [1.82, 2.24) is 4.90 Å². The lowest BCUT2D eigenvalue weighted by Crippen LogP contribution is -2.31. The number of benzene rings is 2. The zero-order chi connectivity index (χ0) is 20.3. The third-order valence-corrected chi connectivity index (χ3v) is 5.92. The zero-order valence-corrected chi connectivity index (χ0v) is 17.8. The Bertz CT molecular complexity index is 891. The van der Waals surface area contributed by atoms with Crippen molar-refractivity contribution in [2.24, 2.45) is 0 Å². The zero-order valence-electron chi connectivity index (χ0n) is 15.4. The Morgan fingerprint density at radius 3 is 2.54 bits per heavy atom. The second-order valence-electron chi connectivity index (χ2n) is 6.17. The van der Waals surface area contributed by atoms with Gasteiger partial charge in [-0.1, -0.05) is 23.9 Å². The van der Waals surface area contributed by atoms with Gasteiger partial charge in [-0.3, -0.25) is 14.5 Å². The first kappa shape index (κ1) is 20.7. The SMILES string of the molecule is CCOc1c(Br)cc(C[C@H]2SC(=O)N(Cc3ccc(F)cc3)C2=O)cc1OC. The molecule has 1 heterocycles. The highest BCUT2D eigenvalue weighted by Crippen LogP contribution is 2.38. The number of amides is 2. The normalized spacial score (nSPS) is 16.6. The molecule has 1 aliphatic heterocycles. The monoisotopic (exact) mass is 467 g/mol. The quantitative estimate of drug-likeness (QED) is 0.585. The van der Waals surface area contributed by atoms with Crippen LogP contribution in [0.2, 0.25) is 0 Å². The number of carbonyl (C=O) groups excluding carboxylic acids is 2. The number of carbonyl (C=O) groups is 2. The average Bonchev–Trinajstić information content (AvgIpc) is 2.92. The fourth-order valence-corrected chi connectivity index (χ4v) is 4.57. The van der Waals surface area contributed by atoms with Crippen LogP contribution < -0.4 is 9.47 Å². The lowest BCUT2D eigenvalue weighted by molar-refractivity contribution is -0.127. The molecule has 1 aliphatic rings. The predicted octanol–water partition coefficient (Wildman–Crippen LogP) is 4.80. The average molecular weight is 468 g/mol. The molecule has 1 fully saturated rings. The Morgan fingerprint density at radius 1 is 1.18 bits per heavy atom. The molecule has 0 saturated carbocycles. The Balaban J connectivity index is 1.75. The van der Waals surface area contributed by atoms with Gasteiger partial charge in [0.05, 0.1) is 30.0 Å². The number of imide groups is 1. The molecule has 2 amide bonds. The van der Waals surface area contributed by atoms with Gasteiger partial charge in [0.25, 0.3) is 5.24 Å². The lowest BCUT2D eigenvalue weighted by atomic mass is 10.1. The largest absolute Gasteiger partial charge is 0.493 e. The van der Waals surface area contributed by atoms with Crippen molar-refractivity contribution in [1.29, 1.82) is 0 Å². The molecular weight excluding hydrogens is 449 g/mol. The van der Waals surface area contributed by atoms with Gasteiger partial charge < -0.3 is 9.47 Å². The van der Waals surface area contributed by atoms with Crippen molar-refractivity contribution in [3.8, 4) is 11.5 Å². The van der Waals surface area contributed by atoms with Crippen LogP contribution >= 0.6 is 27.7 Å². The molecule has 3 rings (SSSR count). The van der Waals surface area contributed by atoms with Crippen LogP contribution in [0.4, 0.5) is 9.18 Å². The molecule has 0 N–H and O–H groups in total. The minimum atomic E-state index is -0.512. The van der Waals surface area contributed by atoms with E-state index in [0.29, 0.717) is 30.1 Å². The standard InChI is InChI=1S/C20H19BrFNO4S/c1-3-27-18-15(21)8-13(9-16(18)26-2)10-17-19(24)23(20(25)28-17)11-12-4-6-14(22)7-5-12/h4-9,17H,3,10-11H2,1-2H3/t17-/m1/s1. The second kappa shape index (κ2) is 8.96. The van der Waals surface area contributed by atoms with E-state index in [1.807, 2.05) is 19.1 Å². The molecule has 148 valence electrons. The molecule has 0 bridgehead atoms. The van der Waals surface area contributed by atoms with Crippen LogP contribution in [0.3, 0.4) is 0 Å². The summed E-state index contributed by atoms with van der Waals surface area (Å²) in [7, 11) is 1.55. The summed E-state index contributed by atoms with van der Waals surface area (Å²) in [6.45, 7) is 2.52. The molecule has 0 spiro atoms. The summed E-state index contributed by atoms with van der Waals surface area (Å²) in [5.74, 6) is 0.567. The van der Waals surface area contributed by atoms with Gasteiger partial charge >= 0.3 is 0 Å². The number of halogens is 2. The Kier molecular flexibility index (Phi) is 6.61. The van der Waals surface area contributed by atoms with E-state index in [4.69, 9.17) is 9.47 Å². The van der Waals surface area contributed by atoms with Crippen molar-refractivity contribution in [2.75, 3.05) is 13.7 Å². The molecular formula is C20H19BrFNO4S. The van der Waals surface area contributed by atoms with E-state index in [-0.39, 0.29) is 23.5 Å². The molecule has 0 radical (unpaired) electrons. The van der Waals surface area contributed by atoms with E-state index >= 15 is 0 Å². The Morgan fingerprint density at radius 2 is 1.89 bits per heavy atom. The number of thioether (sulfide) groups is 1. The smallest absolute Gasteiger partial charge is 0.289 e. The fraction of sp³-hybridized carbons (Fsp3) is 0.300. The van der Waals surface area contributed by atoms with Crippen molar-refractivity contribution in [3.63, 3.8) is 0 Å². The molecule has 2 aromatic carbocycles. The van der Waals surface area contributed by atoms with Gasteiger partial charge in [0.2, 0.25) is 5.91 Å². The highest BCUT2D eigenvalue weighted by molar-refractivity contribution is 9.10. The molecule has 5 nitrogen and oxygen atoms in total. The Labute approximate surface area is 175 Å². The molecule has 8 heteroatoms. The number of ether oxygens (including phenoxy) is 2. The molecule has 0 aliphatic carbocycles. The molecule has 1 atom stereocenters. The molecule has 0 unspecified atom stereocenters. The van der Waals surface area contributed by atoms with Gasteiger partial charge in [0.1, 0.15) is 5.82 Å². The van der Waals surface area contributed by atoms with Gasteiger partial charge in [0, 0.05) is 0 Å². The third kappa shape index (κ3) is 4.50. The van der Waals surface area contributed by atoms with Crippen LogP contribution in [-0.2, 0) is 17.8 Å². The maximum absolute atomic E-state index is 13.1. The van der Waals surface area contributed by atoms with Crippen LogP contribution in [0.15, 0.2) is 40.9 Å². The van der Waals surface area contributed by atoms with E-state index in [0.717, 1.165) is 21.8 Å². The molecule has 1 saturated heterocycles. The molecule has 0 aromatic heterocycles. The molecule has 2 aromatic rings. The van der Waals surface area contributed by atoms with Gasteiger partial charge in [0.15, 0.2) is 11.5 Å². The van der Waals surface area contributed by atoms with E-state index in [9.17, 15) is 14.0 Å². The summed E-state index contributed by atoms with van der Waals surface area (Å²) in [6.07, 6.45) is 0.385. The number of methoxy groups -OCH3 is 1. The van der Waals surface area contributed by atoms with Crippen molar-refractivity contribution in [2.45, 2.75) is 25.1 Å². The van der Waals surface area contributed by atoms with Crippen LogP contribution in [-0.4, -0.2) is 35.0 Å². The first-order chi connectivity index (χ1) is 13.4. The number of rotatable bonds is 7. The summed E-state index contributed by atoms with van der Waals surface area (Å²) in [6, 6.07) is 9.46. The molecule has 28 heavy (non-hydrogen) atoms. The number of hydrogen-bond acceptors (Lipinski definition) is 5. The summed E-state index contributed by atoms with van der Waals surface area (Å²) in [5, 5.41) is -0.807. The maximum atomic E-state index is 13.1. The second-order valence-corrected chi connectivity index (χ2v) is 8.18. The van der Waals surface area contributed by atoms with E-state index in [2.05, 4.69) is 15.9 Å². The van der Waals surface area contributed by atoms with E-state index < -0.39 is 5.25 Å². The van der Waals surface area contributed by atoms with E-state index in [1.165, 1.54) is 17.0 Å². The van der Waals surface area contributed by atoms with Crippen LogP contribution in [0, 0.1) is 5.82 Å². The highest BCUT2D eigenvalue weighted by Gasteiger charge is 2.39. The predicted molar refractivity (Wildman–Crippen MR) is 109 cm³/mol. The van der Waals surface area contributed by atoms with Crippen molar-refractivity contribution >= 4 is 38.8 Å². The third-order valence-electron chi connectivity index (χ3n) is 4.26. The van der Waals surface area contributed by atoms with Crippen molar-refractivity contribution < 1.29 is 23.5 Å². The number of nitrogens with zero attached hydrogens (tertiary/aromatic N) is 1. The minimum Gasteiger partial charge on any atom is -0.493 e. The summed E-state index contributed by atoms with van der Waals surface area (Å²) < 4.78 is 24.8. The van der Waals surface area contributed by atoms with Gasteiger partial charge in [-0.25, -0.2) is 4.39 Å². The first-order valence-corrected chi connectivity index (χ1v) is 10.4. The Hall–Kier alpha value is -2.06. The minimum absolute atomic E-state index is 0.137. The van der Waals surface area contributed by atoms with Crippen LogP contribution in [0.25, 0.3) is 0 Å². The lowest BCUT2D eigenvalue weighted by Gasteiger charge is -2.15. The van der Waals surface area contributed by atoms with Crippen molar-refractivity contribution in [3.05, 3.63) is 57.8 Å². The van der Waals surface area contributed by atoms with Crippen LogP contribution in [0.5, 0.6) is 11.5 Å². The first-order valence-electron chi connectivity index (χ1n) is 8.68. The summed E-state index contributed by atoms with van der Waals surface area (Å²) in [5.41, 5.74) is 1.56. The topological polar surface area (TPSA) is 55.8 Å². The number of hydrogen-bond donors (Lipinski definition) is 0. The van der Waals surface area contributed by atoms with E-state index in [1.54, 1.807) is 19.2 Å². The highest BCUT2D eigenvalue weighted by atomic mass is 79.9. The van der Waals surface area contributed by atoms with Gasteiger partial charge in [-0.15, -0.1) is 0 Å². The summed E-state index contributed by atoms with van der Waals surface area (Å²) in [4.78, 5) is 26.3. The van der Waals surface area contributed by atoms with Gasteiger partial charge in [-0.2, -0.15) is 0 Å².